The third-order valence-electron chi connectivity index (χ3n) is 5.36. The van der Waals surface area contributed by atoms with Crippen molar-refractivity contribution in [2.24, 2.45) is 0 Å². The summed E-state index contributed by atoms with van der Waals surface area (Å²) in [6.45, 7) is 0. The summed E-state index contributed by atoms with van der Waals surface area (Å²) in [7, 11) is 0. The Hall–Kier alpha value is -4.50. The molecule has 0 fully saturated rings. The van der Waals surface area contributed by atoms with Gasteiger partial charge in [0, 0.05) is 22.7 Å². The Morgan fingerprint density at radius 3 is 1.79 bits per heavy atom. The molecule has 3 nitrogen and oxygen atoms in total. The maximum Gasteiger partial charge on any atom is 0.0934 e. The molecular weight excluding hydrogens is 402 g/mol. The number of para-hydroxylation sites is 2. The lowest BCUT2D eigenvalue weighted by Gasteiger charge is -2.07. The van der Waals surface area contributed by atoms with E-state index in [1.165, 1.54) is 5.39 Å². The fraction of sp³-hybridized carbons (Fsp3) is 0. The van der Waals surface area contributed by atoms with Crippen LogP contribution in [0.3, 0.4) is 0 Å². The second kappa shape index (κ2) is 9.75. The van der Waals surface area contributed by atoms with Gasteiger partial charge in [0.05, 0.1) is 22.6 Å². The second-order valence-corrected chi connectivity index (χ2v) is 7.59. The van der Waals surface area contributed by atoms with Crippen molar-refractivity contribution >= 4 is 10.9 Å². The smallest absolute Gasteiger partial charge is 0.0934 e. The van der Waals surface area contributed by atoms with Gasteiger partial charge in [-0.2, -0.15) is 5.10 Å². The van der Waals surface area contributed by atoms with E-state index in [9.17, 15) is 0 Å². The highest BCUT2D eigenvalue weighted by atomic mass is 15.3. The lowest BCUT2D eigenvalue weighted by molar-refractivity contribution is 0.892. The quantitative estimate of drug-likeness (QED) is 0.295. The third kappa shape index (κ3) is 4.73. The summed E-state index contributed by atoms with van der Waals surface area (Å²) >= 11 is 0. The molecule has 0 saturated heterocycles. The number of hydrogen-bond donors (Lipinski definition) is 0. The van der Waals surface area contributed by atoms with E-state index in [-0.39, 0.29) is 0 Å². The minimum atomic E-state index is 0.980. The predicted octanol–water partition coefficient (Wildman–Crippen LogP) is 7.44. The van der Waals surface area contributed by atoms with Crippen molar-refractivity contribution in [3.05, 3.63) is 140 Å². The molecule has 33 heavy (non-hydrogen) atoms. The first kappa shape index (κ1) is 20.4. The zero-order chi connectivity index (χ0) is 22.3. The van der Waals surface area contributed by atoms with Crippen molar-refractivity contribution in [1.29, 1.82) is 0 Å². The minimum absolute atomic E-state index is 0.980. The zero-order valence-electron chi connectivity index (χ0n) is 18.1. The van der Waals surface area contributed by atoms with Crippen LogP contribution in [0.25, 0.3) is 39.1 Å². The number of pyridine rings is 1. The van der Waals surface area contributed by atoms with Crippen LogP contribution in [0.15, 0.2) is 140 Å². The number of nitrogens with zero attached hydrogens (tertiary/aromatic N) is 3. The van der Waals surface area contributed by atoms with E-state index >= 15 is 0 Å². The number of fused-ring (bicyclic) bond motifs is 1. The molecule has 158 valence electrons. The standard InChI is InChI=1S/C21H16N2.C9H7N/c1-4-10-17(11-5-1)20-16-21(18-12-6-2-7-13-18)23(22-20)19-14-8-3-9-15-19;1-2-6-9-8(4-1)5-3-7-10-9/h1-16H;1-7H. The molecule has 2 heterocycles. The maximum absolute atomic E-state index is 4.84. The summed E-state index contributed by atoms with van der Waals surface area (Å²) in [5.74, 6) is 0. The van der Waals surface area contributed by atoms with E-state index in [1.807, 2.05) is 77.6 Å². The van der Waals surface area contributed by atoms with Crippen LogP contribution in [0.2, 0.25) is 0 Å². The minimum Gasteiger partial charge on any atom is -0.256 e. The van der Waals surface area contributed by atoms with Gasteiger partial charge < -0.3 is 0 Å². The van der Waals surface area contributed by atoms with Crippen LogP contribution in [0.5, 0.6) is 0 Å². The van der Waals surface area contributed by atoms with Crippen molar-refractivity contribution < 1.29 is 0 Å². The monoisotopic (exact) mass is 425 g/mol. The first-order chi connectivity index (χ1) is 16.4. The molecule has 0 bridgehead atoms. The van der Waals surface area contributed by atoms with Crippen LogP contribution in [0.1, 0.15) is 0 Å². The Balaban J connectivity index is 0.000000190. The molecule has 0 aliphatic carbocycles. The fourth-order valence-corrected chi connectivity index (χ4v) is 3.73. The summed E-state index contributed by atoms with van der Waals surface area (Å²) < 4.78 is 2.01. The molecule has 0 N–H and O–H groups in total. The van der Waals surface area contributed by atoms with Crippen LogP contribution in [-0.4, -0.2) is 14.8 Å². The van der Waals surface area contributed by atoms with Gasteiger partial charge in [-0.25, -0.2) is 4.68 Å². The first-order valence-electron chi connectivity index (χ1n) is 10.9. The van der Waals surface area contributed by atoms with Crippen LogP contribution >= 0.6 is 0 Å². The third-order valence-corrected chi connectivity index (χ3v) is 5.36. The molecule has 3 heteroatoms. The van der Waals surface area contributed by atoms with Gasteiger partial charge in [0.15, 0.2) is 0 Å². The maximum atomic E-state index is 4.84. The molecule has 0 aliphatic rings. The molecule has 0 atom stereocenters. The van der Waals surface area contributed by atoms with Crippen molar-refractivity contribution in [3.63, 3.8) is 0 Å². The lowest BCUT2D eigenvalue weighted by Crippen LogP contribution is -1.98. The summed E-state index contributed by atoms with van der Waals surface area (Å²) in [4.78, 5) is 4.18. The summed E-state index contributed by atoms with van der Waals surface area (Å²) in [5, 5.41) is 6.04. The number of benzene rings is 4. The number of rotatable bonds is 3. The normalized spacial score (nSPS) is 10.4. The molecule has 0 spiro atoms. The Kier molecular flexibility index (Phi) is 6.03. The summed E-state index contributed by atoms with van der Waals surface area (Å²) in [5.41, 5.74) is 6.48. The molecule has 0 aliphatic heterocycles. The highest BCUT2D eigenvalue weighted by molar-refractivity contribution is 5.77. The molecule has 0 radical (unpaired) electrons. The Morgan fingerprint density at radius 1 is 0.515 bits per heavy atom. The number of hydrogen-bond acceptors (Lipinski definition) is 2. The van der Waals surface area contributed by atoms with Gasteiger partial charge in [-0.05, 0) is 30.3 Å². The van der Waals surface area contributed by atoms with Crippen LogP contribution in [0.4, 0.5) is 0 Å². The molecule has 0 amide bonds. The molecular formula is C30H23N3. The van der Waals surface area contributed by atoms with E-state index in [1.54, 1.807) is 0 Å². The molecule has 0 unspecified atom stereocenters. The molecule has 0 saturated carbocycles. The second-order valence-electron chi connectivity index (χ2n) is 7.59. The van der Waals surface area contributed by atoms with E-state index < -0.39 is 0 Å². The zero-order valence-corrected chi connectivity index (χ0v) is 18.1. The van der Waals surface area contributed by atoms with Crippen molar-refractivity contribution in [3.8, 4) is 28.2 Å². The average molecular weight is 426 g/mol. The Bertz CT molecular complexity index is 1320. The first-order valence-corrected chi connectivity index (χ1v) is 10.9. The van der Waals surface area contributed by atoms with Gasteiger partial charge in [0.25, 0.3) is 0 Å². The van der Waals surface area contributed by atoms with E-state index in [4.69, 9.17) is 5.10 Å². The highest BCUT2D eigenvalue weighted by Gasteiger charge is 2.12. The van der Waals surface area contributed by atoms with Crippen LogP contribution in [-0.2, 0) is 0 Å². The van der Waals surface area contributed by atoms with Gasteiger partial charge >= 0.3 is 0 Å². The van der Waals surface area contributed by atoms with Gasteiger partial charge in [0.1, 0.15) is 0 Å². The van der Waals surface area contributed by atoms with Crippen LogP contribution < -0.4 is 0 Å². The van der Waals surface area contributed by atoms with E-state index in [2.05, 4.69) is 71.7 Å². The van der Waals surface area contributed by atoms with Gasteiger partial charge in [-0.15, -0.1) is 0 Å². The SMILES string of the molecule is c1ccc(-c2cc(-c3ccccc3)n(-c3ccccc3)n2)cc1.c1ccc2ncccc2c1. The average Bonchev–Trinajstić information content (AvgIpc) is 3.36. The topological polar surface area (TPSA) is 30.7 Å². The van der Waals surface area contributed by atoms with E-state index in [0.29, 0.717) is 0 Å². The number of aromatic nitrogens is 3. The van der Waals surface area contributed by atoms with Gasteiger partial charge in [-0.3, -0.25) is 4.98 Å². The molecule has 4 aromatic carbocycles. The van der Waals surface area contributed by atoms with Crippen molar-refractivity contribution in [2.45, 2.75) is 0 Å². The lowest BCUT2D eigenvalue weighted by atomic mass is 10.1. The largest absolute Gasteiger partial charge is 0.256 e. The highest BCUT2D eigenvalue weighted by Crippen LogP contribution is 2.28. The summed E-state index contributed by atoms with van der Waals surface area (Å²) in [6, 6.07) is 45.1. The fourth-order valence-electron chi connectivity index (χ4n) is 3.73. The van der Waals surface area contributed by atoms with E-state index in [0.717, 1.165) is 33.7 Å². The van der Waals surface area contributed by atoms with Gasteiger partial charge in [-0.1, -0.05) is 103 Å². The predicted molar refractivity (Wildman–Crippen MR) is 136 cm³/mol. The van der Waals surface area contributed by atoms with Crippen molar-refractivity contribution in [1.82, 2.24) is 14.8 Å². The Morgan fingerprint density at radius 2 is 1.09 bits per heavy atom. The van der Waals surface area contributed by atoms with Crippen molar-refractivity contribution in [2.75, 3.05) is 0 Å². The molecule has 6 aromatic rings. The van der Waals surface area contributed by atoms with Crippen LogP contribution in [0, 0.1) is 0 Å². The summed E-state index contributed by atoms with van der Waals surface area (Å²) in [6.07, 6.45) is 1.81. The molecule has 2 aromatic heterocycles. The Labute approximate surface area is 193 Å². The van der Waals surface area contributed by atoms with Gasteiger partial charge in [0.2, 0.25) is 0 Å². The molecule has 6 rings (SSSR count).